The molecular weight excluding hydrogens is 290 g/mol. The molecule has 2 aromatic rings. The molecule has 0 fully saturated rings. The zero-order chi connectivity index (χ0) is 15.4. The normalized spacial score (nSPS) is 10.8. The SMILES string of the molecule is Cc1nsc(NC(=O)c2cccc(/C=C/C(=O)O)c2C)n1. The van der Waals surface area contributed by atoms with E-state index >= 15 is 0 Å². The molecule has 0 aliphatic rings. The van der Waals surface area contributed by atoms with Gasteiger partial charge in [0, 0.05) is 23.2 Å². The maximum atomic E-state index is 12.2. The number of aliphatic carboxylic acids is 1. The van der Waals surface area contributed by atoms with Crippen LogP contribution < -0.4 is 5.32 Å². The Labute approximate surface area is 125 Å². The van der Waals surface area contributed by atoms with Crippen molar-refractivity contribution < 1.29 is 14.7 Å². The van der Waals surface area contributed by atoms with Crippen LogP contribution in [0, 0.1) is 13.8 Å². The fraction of sp³-hybridized carbons (Fsp3) is 0.143. The second-order valence-corrected chi connectivity index (χ2v) is 5.04. The highest BCUT2D eigenvalue weighted by molar-refractivity contribution is 7.09. The lowest BCUT2D eigenvalue weighted by atomic mass is 10.0. The summed E-state index contributed by atoms with van der Waals surface area (Å²) < 4.78 is 3.99. The minimum Gasteiger partial charge on any atom is -0.478 e. The highest BCUT2D eigenvalue weighted by Gasteiger charge is 2.12. The first kappa shape index (κ1) is 14.9. The molecule has 0 aliphatic heterocycles. The summed E-state index contributed by atoms with van der Waals surface area (Å²) in [5.41, 5.74) is 1.85. The van der Waals surface area contributed by atoms with E-state index in [-0.39, 0.29) is 5.91 Å². The average molecular weight is 303 g/mol. The van der Waals surface area contributed by atoms with Gasteiger partial charge in [-0.1, -0.05) is 12.1 Å². The van der Waals surface area contributed by atoms with Gasteiger partial charge in [0.25, 0.3) is 5.91 Å². The molecule has 108 valence electrons. The number of carboxylic acid groups (broad SMARTS) is 1. The fourth-order valence-corrected chi connectivity index (χ4v) is 2.32. The predicted octanol–water partition coefficient (Wildman–Crippen LogP) is 2.51. The average Bonchev–Trinajstić information content (AvgIpc) is 2.82. The van der Waals surface area contributed by atoms with Crippen molar-refractivity contribution in [3.05, 3.63) is 46.8 Å². The predicted molar refractivity (Wildman–Crippen MR) is 80.4 cm³/mol. The summed E-state index contributed by atoms with van der Waals surface area (Å²) in [5, 5.41) is 11.8. The maximum Gasteiger partial charge on any atom is 0.328 e. The van der Waals surface area contributed by atoms with Crippen molar-refractivity contribution in [1.82, 2.24) is 9.36 Å². The van der Waals surface area contributed by atoms with Gasteiger partial charge in [0.15, 0.2) is 0 Å². The third-order valence-corrected chi connectivity index (χ3v) is 3.50. The Hall–Kier alpha value is -2.54. The summed E-state index contributed by atoms with van der Waals surface area (Å²) in [6, 6.07) is 5.13. The number of amides is 1. The van der Waals surface area contributed by atoms with E-state index < -0.39 is 5.97 Å². The number of benzene rings is 1. The smallest absolute Gasteiger partial charge is 0.328 e. The van der Waals surface area contributed by atoms with Gasteiger partial charge >= 0.3 is 5.97 Å². The monoisotopic (exact) mass is 303 g/mol. The number of anilines is 1. The number of carbonyl (C=O) groups is 2. The molecular formula is C14H13N3O3S. The number of aryl methyl sites for hydroxylation is 1. The standard InChI is InChI=1S/C14H13N3O3S/c1-8-10(6-7-12(18)19)4-3-5-11(8)13(20)16-14-15-9(2)17-21-14/h3-7H,1-2H3,(H,18,19)(H,15,16,17,20)/b7-6+. The van der Waals surface area contributed by atoms with Crippen LogP contribution in [0.5, 0.6) is 0 Å². The Kier molecular flexibility index (Phi) is 4.44. The first-order valence-corrected chi connectivity index (χ1v) is 6.87. The molecule has 0 saturated carbocycles. The van der Waals surface area contributed by atoms with Crippen molar-refractivity contribution in [2.75, 3.05) is 5.32 Å². The second-order valence-electron chi connectivity index (χ2n) is 4.29. The molecule has 21 heavy (non-hydrogen) atoms. The Morgan fingerprint density at radius 3 is 2.71 bits per heavy atom. The highest BCUT2D eigenvalue weighted by Crippen LogP contribution is 2.18. The van der Waals surface area contributed by atoms with Crippen LogP contribution in [0.4, 0.5) is 5.13 Å². The van der Waals surface area contributed by atoms with E-state index in [2.05, 4.69) is 14.7 Å². The molecule has 6 nitrogen and oxygen atoms in total. The zero-order valence-electron chi connectivity index (χ0n) is 11.5. The number of carboxylic acids is 1. The van der Waals surface area contributed by atoms with Gasteiger partial charge < -0.3 is 5.11 Å². The molecule has 0 radical (unpaired) electrons. The van der Waals surface area contributed by atoms with Crippen LogP contribution in [0.2, 0.25) is 0 Å². The lowest BCUT2D eigenvalue weighted by Gasteiger charge is -2.07. The van der Waals surface area contributed by atoms with Crippen molar-refractivity contribution in [2.45, 2.75) is 13.8 Å². The van der Waals surface area contributed by atoms with Gasteiger partial charge in [-0.2, -0.15) is 4.37 Å². The van der Waals surface area contributed by atoms with Gasteiger partial charge in [-0.25, -0.2) is 9.78 Å². The topological polar surface area (TPSA) is 92.2 Å². The van der Waals surface area contributed by atoms with Gasteiger partial charge in [-0.3, -0.25) is 10.1 Å². The molecule has 1 aromatic carbocycles. The van der Waals surface area contributed by atoms with Gasteiger partial charge in [-0.15, -0.1) is 0 Å². The Morgan fingerprint density at radius 2 is 2.10 bits per heavy atom. The van der Waals surface area contributed by atoms with E-state index in [1.807, 2.05) is 0 Å². The molecule has 1 heterocycles. The van der Waals surface area contributed by atoms with E-state index in [1.54, 1.807) is 32.0 Å². The molecule has 1 aromatic heterocycles. The summed E-state index contributed by atoms with van der Waals surface area (Å²) >= 11 is 1.11. The van der Waals surface area contributed by atoms with Crippen LogP contribution in [0.15, 0.2) is 24.3 Å². The summed E-state index contributed by atoms with van der Waals surface area (Å²) in [5.74, 6) is -0.729. The van der Waals surface area contributed by atoms with E-state index in [4.69, 9.17) is 5.11 Å². The number of aromatic nitrogens is 2. The lowest BCUT2D eigenvalue weighted by molar-refractivity contribution is -0.131. The summed E-state index contributed by atoms with van der Waals surface area (Å²) in [6.45, 7) is 3.51. The van der Waals surface area contributed by atoms with E-state index in [0.717, 1.165) is 17.6 Å². The molecule has 7 heteroatoms. The molecule has 0 spiro atoms. The van der Waals surface area contributed by atoms with Gasteiger partial charge in [0.1, 0.15) is 5.82 Å². The number of hydrogen-bond acceptors (Lipinski definition) is 5. The van der Waals surface area contributed by atoms with Gasteiger partial charge in [0.05, 0.1) is 0 Å². The third-order valence-electron chi connectivity index (χ3n) is 2.77. The van der Waals surface area contributed by atoms with E-state index in [1.165, 1.54) is 6.08 Å². The number of carbonyl (C=O) groups excluding carboxylic acids is 1. The van der Waals surface area contributed by atoms with Crippen LogP contribution in [-0.4, -0.2) is 26.3 Å². The maximum absolute atomic E-state index is 12.2. The summed E-state index contributed by atoms with van der Waals surface area (Å²) in [7, 11) is 0. The quantitative estimate of drug-likeness (QED) is 0.847. The minimum absolute atomic E-state index is 0.297. The first-order chi connectivity index (χ1) is 9.97. The Morgan fingerprint density at radius 1 is 1.33 bits per heavy atom. The first-order valence-electron chi connectivity index (χ1n) is 6.09. The summed E-state index contributed by atoms with van der Waals surface area (Å²) in [6.07, 6.45) is 2.50. The lowest BCUT2D eigenvalue weighted by Crippen LogP contribution is -2.13. The molecule has 0 atom stereocenters. The van der Waals surface area contributed by atoms with Crippen molar-refractivity contribution in [3.63, 3.8) is 0 Å². The van der Waals surface area contributed by atoms with Gasteiger partial charge in [0.2, 0.25) is 5.13 Å². The van der Waals surface area contributed by atoms with E-state index in [9.17, 15) is 9.59 Å². The zero-order valence-corrected chi connectivity index (χ0v) is 12.3. The van der Waals surface area contributed by atoms with Crippen molar-refractivity contribution >= 4 is 34.6 Å². The summed E-state index contributed by atoms with van der Waals surface area (Å²) in [4.78, 5) is 26.9. The van der Waals surface area contributed by atoms with Crippen LogP contribution in [0.25, 0.3) is 6.08 Å². The molecule has 1 amide bonds. The minimum atomic E-state index is -1.03. The second kappa shape index (κ2) is 6.27. The molecule has 0 saturated heterocycles. The van der Waals surface area contributed by atoms with Crippen LogP contribution in [0.1, 0.15) is 27.3 Å². The molecule has 0 unspecified atom stereocenters. The van der Waals surface area contributed by atoms with Crippen molar-refractivity contribution in [1.29, 1.82) is 0 Å². The molecule has 2 rings (SSSR count). The molecule has 0 aliphatic carbocycles. The number of nitrogens with zero attached hydrogens (tertiary/aromatic N) is 2. The van der Waals surface area contributed by atoms with Gasteiger partial charge in [-0.05, 0) is 37.1 Å². The van der Waals surface area contributed by atoms with Crippen LogP contribution in [0.3, 0.4) is 0 Å². The van der Waals surface area contributed by atoms with Crippen LogP contribution in [-0.2, 0) is 4.79 Å². The van der Waals surface area contributed by atoms with Crippen LogP contribution >= 0.6 is 11.5 Å². The number of hydrogen-bond donors (Lipinski definition) is 2. The molecule has 0 bridgehead atoms. The van der Waals surface area contributed by atoms with Crippen molar-refractivity contribution in [3.8, 4) is 0 Å². The number of rotatable bonds is 4. The Balaban J connectivity index is 2.25. The highest BCUT2D eigenvalue weighted by atomic mass is 32.1. The molecule has 2 N–H and O–H groups in total. The third kappa shape index (κ3) is 3.73. The number of nitrogens with one attached hydrogen (secondary N) is 1. The van der Waals surface area contributed by atoms with Crippen molar-refractivity contribution in [2.24, 2.45) is 0 Å². The Bertz CT molecular complexity index is 722. The van der Waals surface area contributed by atoms with E-state index in [0.29, 0.717) is 27.6 Å². The largest absolute Gasteiger partial charge is 0.478 e. The fourth-order valence-electron chi connectivity index (χ4n) is 1.75.